The summed E-state index contributed by atoms with van der Waals surface area (Å²) in [5, 5.41) is 14.8. The Labute approximate surface area is 136 Å². The lowest BCUT2D eigenvalue weighted by Gasteiger charge is -2.40. The third-order valence-corrected chi connectivity index (χ3v) is 3.35. The van der Waals surface area contributed by atoms with Gasteiger partial charge in [-0.05, 0) is 24.2 Å². The Hall–Kier alpha value is -2.16. The average Bonchev–Trinajstić information content (AvgIpc) is 2.43. The molecule has 9 heteroatoms. The van der Waals surface area contributed by atoms with Crippen LogP contribution < -0.4 is 0 Å². The van der Waals surface area contributed by atoms with Gasteiger partial charge in [-0.3, -0.25) is 0 Å². The van der Waals surface area contributed by atoms with E-state index in [4.69, 9.17) is 19.8 Å². The van der Waals surface area contributed by atoms with Gasteiger partial charge in [-0.1, -0.05) is 14.4 Å². The first-order valence-corrected chi connectivity index (χ1v) is 6.64. The molecular weight excluding hydrogens is 334 g/mol. The highest BCUT2D eigenvalue weighted by atomic mass is 19.2. The average molecular weight is 353 g/mol. The zero-order chi connectivity index (χ0) is 17.7. The normalized spacial score (nSPS) is 15.4. The second kappa shape index (κ2) is 9.21. The van der Waals surface area contributed by atoms with Crippen molar-refractivity contribution in [1.82, 2.24) is 4.90 Å². The largest absolute Gasteiger partial charge is 0.473 e. The molecule has 0 amide bonds. The van der Waals surface area contributed by atoms with Crippen molar-refractivity contribution in [3.05, 3.63) is 35.1 Å². The number of hydrogen-bond acceptors (Lipinski definition) is 3. The van der Waals surface area contributed by atoms with E-state index in [1.54, 1.807) is 0 Å². The Kier molecular flexibility index (Phi) is 8.38. The predicted octanol–water partition coefficient (Wildman–Crippen LogP) is 2.86. The van der Waals surface area contributed by atoms with Gasteiger partial charge in [-0.25, -0.2) is 27.2 Å². The number of hydrogen-bond donors (Lipinski definition) is 2. The summed E-state index contributed by atoms with van der Waals surface area (Å²) in [7, 11) is 0. The molecule has 1 aliphatic rings. The quantitative estimate of drug-likeness (QED) is 0.496. The lowest BCUT2D eigenvalue weighted by Crippen LogP contribution is -2.48. The Bertz CT molecular complexity index is 556. The van der Waals surface area contributed by atoms with E-state index >= 15 is 0 Å². The molecule has 0 aromatic heterocycles. The fourth-order valence-electron chi connectivity index (χ4n) is 2.06. The minimum atomic E-state index is -1.82. The number of benzene rings is 1. The molecule has 1 saturated heterocycles. The lowest BCUT2D eigenvalue weighted by atomic mass is 9.90. The summed E-state index contributed by atoms with van der Waals surface area (Å²) in [4.78, 5) is 20.2. The molecule has 24 heavy (non-hydrogen) atoms. The molecule has 0 bridgehead atoms. The first-order chi connectivity index (χ1) is 10.7. The number of nitrogens with zero attached hydrogens (tertiary/aromatic N) is 1. The highest BCUT2D eigenvalue weighted by molar-refractivity contribution is 6.27. The van der Waals surface area contributed by atoms with E-state index in [0.29, 0.717) is 13.1 Å². The van der Waals surface area contributed by atoms with Gasteiger partial charge < -0.3 is 15.1 Å². The Morgan fingerprint density at radius 1 is 1.17 bits per heavy atom. The second-order valence-electron chi connectivity index (χ2n) is 4.92. The molecule has 2 N–H and O–H groups in total. The number of carboxylic acids is 2. The fraction of sp³-hybridized carbons (Fsp3) is 0.467. The van der Waals surface area contributed by atoms with Crippen LogP contribution in [0, 0.1) is 23.4 Å². The Morgan fingerprint density at radius 3 is 1.92 bits per heavy atom. The van der Waals surface area contributed by atoms with E-state index < -0.39 is 35.6 Å². The van der Waals surface area contributed by atoms with Crippen molar-refractivity contribution in [2.24, 2.45) is 5.92 Å². The van der Waals surface area contributed by atoms with Gasteiger partial charge >= 0.3 is 11.9 Å². The zero-order valence-corrected chi connectivity index (χ0v) is 12.1. The van der Waals surface area contributed by atoms with Crippen LogP contribution >= 0.6 is 0 Å². The van der Waals surface area contributed by atoms with Crippen molar-refractivity contribution < 1.29 is 37.4 Å². The number of aliphatic carboxylic acids is 2. The van der Waals surface area contributed by atoms with Crippen LogP contribution in [0.25, 0.3) is 0 Å². The summed E-state index contributed by atoms with van der Waals surface area (Å²) < 4.78 is 52.5. The van der Waals surface area contributed by atoms with E-state index in [0.717, 1.165) is 18.7 Å². The topological polar surface area (TPSA) is 77.8 Å². The molecule has 1 fully saturated rings. The number of carboxylic acid groups (broad SMARTS) is 2. The van der Waals surface area contributed by atoms with Crippen molar-refractivity contribution in [3.8, 4) is 0 Å². The lowest BCUT2D eigenvalue weighted by molar-refractivity contribution is -0.159. The van der Waals surface area contributed by atoms with E-state index in [1.807, 2.05) is 11.8 Å². The van der Waals surface area contributed by atoms with Gasteiger partial charge in [0.2, 0.25) is 0 Å². The van der Waals surface area contributed by atoms with Gasteiger partial charge in [0.05, 0.1) is 0 Å². The highest BCUT2D eigenvalue weighted by Gasteiger charge is 2.34. The molecule has 1 aromatic rings. The SMILES string of the molecule is C.CCN1CC(C(F)c2cc(F)c(F)c(F)c2)C1.O=C(O)C(=O)O. The van der Waals surface area contributed by atoms with Gasteiger partial charge in [0.25, 0.3) is 0 Å². The van der Waals surface area contributed by atoms with Crippen LogP contribution in [0.4, 0.5) is 17.6 Å². The molecule has 0 saturated carbocycles. The molecule has 5 nitrogen and oxygen atoms in total. The summed E-state index contributed by atoms with van der Waals surface area (Å²) in [5.74, 6) is -8.14. The summed E-state index contributed by atoms with van der Waals surface area (Å²) in [6.45, 7) is 3.92. The van der Waals surface area contributed by atoms with Crippen LogP contribution in [0.2, 0.25) is 0 Å². The van der Waals surface area contributed by atoms with Crippen LogP contribution in [-0.4, -0.2) is 46.7 Å². The van der Waals surface area contributed by atoms with Crippen LogP contribution in [0.15, 0.2) is 12.1 Å². The summed E-state index contributed by atoms with van der Waals surface area (Å²) in [6, 6.07) is 1.47. The molecule has 136 valence electrons. The number of halogens is 4. The summed E-state index contributed by atoms with van der Waals surface area (Å²) >= 11 is 0. The minimum absolute atomic E-state index is 0. The maximum Gasteiger partial charge on any atom is 0.414 e. The van der Waals surface area contributed by atoms with Gasteiger partial charge in [-0.2, -0.15) is 0 Å². The number of alkyl halides is 1. The highest BCUT2D eigenvalue weighted by Crippen LogP contribution is 2.34. The zero-order valence-electron chi connectivity index (χ0n) is 12.1. The van der Waals surface area contributed by atoms with E-state index in [1.165, 1.54) is 0 Å². The van der Waals surface area contributed by atoms with Crippen LogP contribution in [-0.2, 0) is 9.59 Å². The number of rotatable bonds is 3. The van der Waals surface area contributed by atoms with Crippen LogP contribution in [0.1, 0.15) is 26.1 Å². The van der Waals surface area contributed by atoms with Gasteiger partial charge in [0.1, 0.15) is 6.17 Å². The standard InChI is InChI=1S/C12H13F4N.C2H2O4.CH4/c1-2-17-5-8(6-17)11(15)7-3-9(13)12(16)10(14)4-7;3-1(4)2(5)6;/h3-4,8,11H,2,5-6H2,1H3;(H,3,4)(H,5,6);1H4. The monoisotopic (exact) mass is 353 g/mol. The van der Waals surface area contributed by atoms with Crippen LogP contribution in [0.3, 0.4) is 0 Å². The van der Waals surface area contributed by atoms with Gasteiger partial charge in [0, 0.05) is 19.0 Å². The van der Waals surface area contributed by atoms with Crippen LogP contribution in [0.5, 0.6) is 0 Å². The minimum Gasteiger partial charge on any atom is -0.473 e. The third-order valence-electron chi connectivity index (χ3n) is 3.35. The third kappa shape index (κ3) is 5.48. The molecule has 1 atom stereocenters. The molecule has 1 aliphatic heterocycles. The van der Waals surface area contributed by atoms with E-state index in [9.17, 15) is 17.6 Å². The molecule has 0 radical (unpaired) electrons. The first-order valence-electron chi connectivity index (χ1n) is 6.64. The van der Waals surface area contributed by atoms with Gasteiger partial charge in [-0.15, -0.1) is 0 Å². The molecule has 1 aromatic carbocycles. The molecule has 0 aliphatic carbocycles. The fourth-order valence-corrected chi connectivity index (χ4v) is 2.06. The van der Waals surface area contributed by atoms with Crippen molar-refractivity contribution >= 4 is 11.9 Å². The molecule has 0 spiro atoms. The van der Waals surface area contributed by atoms with E-state index in [-0.39, 0.29) is 18.9 Å². The Morgan fingerprint density at radius 2 is 1.58 bits per heavy atom. The van der Waals surface area contributed by atoms with Crippen molar-refractivity contribution in [2.45, 2.75) is 20.5 Å². The molecule has 1 heterocycles. The number of likely N-dealkylation sites (tertiary alicyclic amines) is 1. The second-order valence-corrected chi connectivity index (χ2v) is 4.92. The summed E-state index contributed by atoms with van der Waals surface area (Å²) in [5.41, 5.74) is -0.123. The van der Waals surface area contributed by atoms with Crippen molar-refractivity contribution in [1.29, 1.82) is 0 Å². The van der Waals surface area contributed by atoms with Crippen molar-refractivity contribution in [2.75, 3.05) is 19.6 Å². The molecule has 2 rings (SSSR count). The Balaban J connectivity index is 0.000000655. The maximum atomic E-state index is 13.9. The first kappa shape index (κ1) is 21.8. The summed E-state index contributed by atoms with van der Waals surface area (Å²) in [6.07, 6.45) is -1.44. The van der Waals surface area contributed by atoms with Gasteiger partial charge in [0.15, 0.2) is 17.5 Å². The van der Waals surface area contributed by atoms with Crippen molar-refractivity contribution in [3.63, 3.8) is 0 Å². The maximum absolute atomic E-state index is 13.9. The van der Waals surface area contributed by atoms with E-state index in [2.05, 4.69) is 0 Å². The predicted molar refractivity (Wildman–Crippen MR) is 77.8 cm³/mol. The molecular formula is C15H19F4NO4. The smallest absolute Gasteiger partial charge is 0.414 e. The number of carbonyl (C=O) groups is 2. The molecule has 1 unspecified atom stereocenters.